The molecule has 128 valence electrons. The van der Waals surface area contributed by atoms with Crippen LogP contribution < -0.4 is 11.1 Å². The molecule has 1 amide bonds. The summed E-state index contributed by atoms with van der Waals surface area (Å²) in [5.41, 5.74) is 5.15. The van der Waals surface area contributed by atoms with Gasteiger partial charge in [0.2, 0.25) is 5.91 Å². The van der Waals surface area contributed by atoms with E-state index in [4.69, 9.17) is 10.5 Å². The van der Waals surface area contributed by atoms with Crippen LogP contribution in [0.4, 0.5) is 5.69 Å². The summed E-state index contributed by atoms with van der Waals surface area (Å²) in [5, 5.41) is 2.56. The standard InChI is InChI=1S/C14H18N2O5S.ClH/c1-3-21-12(17)9-6-10(8-11(7-9)22(2,19)20)16-13(18)14(15)4-5-14;/h6-8H,3-5,15H2,1-2H3,(H,16,18);1H. The predicted octanol–water partition coefficient (Wildman–Crippen LogP) is 1.12. The first kappa shape index (κ1) is 19.4. The first-order valence-electron chi connectivity index (χ1n) is 6.78. The highest BCUT2D eigenvalue weighted by atomic mass is 35.5. The largest absolute Gasteiger partial charge is 0.462 e. The molecule has 1 aromatic carbocycles. The molecule has 23 heavy (non-hydrogen) atoms. The van der Waals surface area contributed by atoms with Gasteiger partial charge in [0.15, 0.2) is 9.84 Å². The Bertz CT molecular complexity index is 729. The average Bonchev–Trinajstić information content (AvgIpc) is 3.17. The molecule has 7 nitrogen and oxygen atoms in total. The van der Waals surface area contributed by atoms with Gasteiger partial charge in [0, 0.05) is 11.9 Å². The number of amides is 1. The van der Waals surface area contributed by atoms with Crippen LogP contribution in [0.5, 0.6) is 0 Å². The molecule has 0 heterocycles. The molecule has 0 atom stereocenters. The Balaban J connectivity index is 0.00000264. The number of hydrogen-bond acceptors (Lipinski definition) is 6. The minimum Gasteiger partial charge on any atom is -0.462 e. The number of rotatable bonds is 5. The van der Waals surface area contributed by atoms with Crippen molar-refractivity contribution < 1.29 is 22.7 Å². The monoisotopic (exact) mass is 362 g/mol. The molecule has 1 saturated carbocycles. The lowest BCUT2D eigenvalue weighted by Gasteiger charge is -2.12. The Labute approximate surface area is 140 Å². The van der Waals surface area contributed by atoms with Gasteiger partial charge in [-0.05, 0) is 38.0 Å². The molecule has 0 unspecified atom stereocenters. The zero-order valence-corrected chi connectivity index (χ0v) is 14.4. The predicted molar refractivity (Wildman–Crippen MR) is 87.5 cm³/mol. The maximum absolute atomic E-state index is 12.0. The highest BCUT2D eigenvalue weighted by Crippen LogP contribution is 2.33. The average molecular weight is 363 g/mol. The number of sulfone groups is 1. The molecule has 1 aliphatic rings. The molecule has 0 bridgehead atoms. The lowest BCUT2D eigenvalue weighted by atomic mass is 10.2. The van der Waals surface area contributed by atoms with Crippen molar-refractivity contribution >= 4 is 39.8 Å². The molecule has 3 N–H and O–H groups in total. The molecule has 0 aliphatic heterocycles. The van der Waals surface area contributed by atoms with E-state index in [1.807, 2.05) is 0 Å². The molecule has 1 aromatic rings. The van der Waals surface area contributed by atoms with Crippen LogP contribution >= 0.6 is 12.4 Å². The van der Waals surface area contributed by atoms with E-state index in [0.717, 1.165) is 6.26 Å². The molecule has 0 saturated heterocycles. The smallest absolute Gasteiger partial charge is 0.338 e. The Kier molecular flexibility index (Phi) is 5.79. The summed E-state index contributed by atoms with van der Waals surface area (Å²) in [7, 11) is -3.54. The lowest BCUT2D eigenvalue weighted by Crippen LogP contribution is -2.37. The minimum atomic E-state index is -3.54. The van der Waals surface area contributed by atoms with E-state index in [-0.39, 0.29) is 35.2 Å². The van der Waals surface area contributed by atoms with Crippen molar-refractivity contribution in [1.82, 2.24) is 0 Å². The normalized spacial score (nSPS) is 15.3. The highest BCUT2D eigenvalue weighted by molar-refractivity contribution is 7.90. The number of anilines is 1. The first-order valence-corrected chi connectivity index (χ1v) is 8.67. The summed E-state index contributed by atoms with van der Waals surface area (Å²) >= 11 is 0. The molecule has 1 aliphatic carbocycles. The summed E-state index contributed by atoms with van der Waals surface area (Å²) in [6.45, 7) is 1.81. The fourth-order valence-electron chi connectivity index (χ4n) is 1.83. The maximum Gasteiger partial charge on any atom is 0.338 e. The molecule has 2 rings (SSSR count). The van der Waals surface area contributed by atoms with Gasteiger partial charge in [-0.1, -0.05) is 0 Å². The SMILES string of the molecule is CCOC(=O)c1cc(NC(=O)C2(N)CC2)cc(S(C)(=O)=O)c1.Cl. The van der Waals surface area contributed by atoms with E-state index >= 15 is 0 Å². The van der Waals surface area contributed by atoms with Crippen molar-refractivity contribution in [3.05, 3.63) is 23.8 Å². The second-order valence-corrected chi connectivity index (χ2v) is 7.36. The van der Waals surface area contributed by atoms with E-state index in [1.54, 1.807) is 6.92 Å². The molecule has 1 fully saturated rings. The third-order valence-corrected chi connectivity index (χ3v) is 4.44. The van der Waals surface area contributed by atoms with Gasteiger partial charge in [-0.2, -0.15) is 0 Å². The number of nitrogens with two attached hydrogens (primary N) is 1. The fraction of sp³-hybridized carbons (Fsp3) is 0.429. The Morgan fingerprint density at radius 1 is 1.30 bits per heavy atom. The minimum absolute atomic E-state index is 0. The number of benzene rings is 1. The number of carbonyl (C=O) groups excluding carboxylic acids is 2. The number of nitrogens with one attached hydrogen (secondary N) is 1. The fourth-order valence-corrected chi connectivity index (χ4v) is 2.52. The molecule has 0 spiro atoms. The van der Waals surface area contributed by atoms with Gasteiger partial charge in [0.1, 0.15) is 0 Å². The van der Waals surface area contributed by atoms with Crippen molar-refractivity contribution in [1.29, 1.82) is 0 Å². The topological polar surface area (TPSA) is 116 Å². The van der Waals surface area contributed by atoms with Crippen LogP contribution in [0.2, 0.25) is 0 Å². The van der Waals surface area contributed by atoms with Crippen LogP contribution in [-0.2, 0) is 19.4 Å². The van der Waals surface area contributed by atoms with Crippen LogP contribution in [0, 0.1) is 0 Å². The summed E-state index contributed by atoms with van der Waals surface area (Å²) in [4.78, 5) is 23.7. The molecular formula is C14H19ClN2O5S. The summed E-state index contributed by atoms with van der Waals surface area (Å²) in [5.74, 6) is -1.05. The lowest BCUT2D eigenvalue weighted by molar-refractivity contribution is -0.118. The van der Waals surface area contributed by atoms with Gasteiger partial charge in [-0.25, -0.2) is 13.2 Å². The van der Waals surface area contributed by atoms with Crippen molar-refractivity contribution in [2.45, 2.75) is 30.2 Å². The number of halogens is 1. The van der Waals surface area contributed by atoms with Crippen molar-refractivity contribution in [3.63, 3.8) is 0 Å². The zero-order chi connectivity index (χ0) is 16.5. The molecule has 9 heteroatoms. The second kappa shape index (κ2) is 6.86. The van der Waals surface area contributed by atoms with Gasteiger partial charge in [0.05, 0.1) is 22.6 Å². The molecule has 0 aromatic heterocycles. The Morgan fingerprint density at radius 3 is 2.39 bits per heavy atom. The van der Waals surface area contributed by atoms with E-state index < -0.39 is 27.3 Å². The Morgan fingerprint density at radius 2 is 1.91 bits per heavy atom. The van der Waals surface area contributed by atoms with Gasteiger partial charge < -0.3 is 15.8 Å². The second-order valence-electron chi connectivity index (χ2n) is 5.35. The van der Waals surface area contributed by atoms with E-state index in [1.165, 1.54) is 18.2 Å². The van der Waals surface area contributed by atoms with E-state index in [2.05, 4.69) is 5.32 Å². The van der Waals surface area contributed by atoms with Crippen LogP contribution in [0.1, 0.15) is 30.1 Å². The van der Waals surface area contributed by atoms with Crippen LogP contribution in [-0.4, -0.2) is 38.7 Å². The number of hydrogen-bond donors (Lipinski definition) is 2. The number of carbonyl (C=O) groups is 2. The van der Waals surface area contributed by atoms with Crippen molar-refractivity contribution in [3.8, 4) is 0 Å². The maximum atomic E-state index is 12.0. The first-order chi connectivity index (χ1) is 10.2. The van der Waals surface area contributed by atoms with Gasteiger partial charge in [-0.3, -0.25) is 4.79 Å². The van der Waals surface area contributed by atoms with Crippen LogP contribution in [0.3, 0.4) is 0 Å². The summed E-state index contributed by atoms with van der Waals surface area (Å²) in [6.07, 6.45) is 2.18. The number of esters is 1. The van der Waals surface area contributed by atoms with E-state index in [0.29, 0.717) is 12.8 Å². The van der Waals surface area contributed by atoms with Crippen LogP contribution in [0.25, 0.3) is 0 Å². The van der Waals surface area contributed by atoms with Gasteiger partial charge in [-0.15, -0.1) is 12.4 Å². The molecular weight excluding hydrogens is 344 g/mol. The van der Waals surface area contributed by atoms with Gasteiger partial charge in [0.25, 0.3) is 0 Å². The Hall–Kier alpha value is -1.64. The quantitative estimate of drug-likeness (QED) is 0.758. The van der Waals surface area contributed by atoms with Crippen molar-refractivity contribution in [2.24, 2.45) is 5.73 Å². The van der Waals surface area contributed by atoms with Gasteiger partial charge >= 0.3 is 5.97 Å². The highest BCUT2D eigenvalue weighted by Gasteiger charge is 2.46. The number of ether oxygens (including phenoxy) is 1. The van der Waals surface area contributed by atoms with E-state index in [9.17, 15) is 18.0 Å². The molecule has 0 radical (unpaired) electrons. The van der Waals surface area contributed by atoms with Crippen molar-refractivity contribution in [2.75, 3.05) is 18.2 Å². The summed E-state index contributed by atoms with van der Waals surface area (Å²) in [6, 6.07) is 3.89. The van der Waals surface area contributed by atoms with Crippen LogP contribution in [0.15, 0.2) is 23.1 Å². The third-order valence-electron chi connectivity index (χ3n) is 3.34. The summed E-state index contributed by atoms with van der Waals surface area (Å²) < 4.78 is 28.3. The zero-order valence-electron chi connectivity index (χ0n) is 12.8. The third kappa shape index (κ3) is 4.66.